The maximum absolute atomic E-state index is 13.4. The van der Waals surface area contributed by atoms with Crippen molar-refractivity contribution < 1.29 is 9.53 Å². The number of hydrogen-bond acceptors (Lipinski definition) is 9. The minimum absolute atomic E-state index is 0.0483. The fourth-order valence-corrected chi connectivity index (χ4v) is 6.39. The average Bonchev–Trinajstić information content (AvgIpc) is 3.19. The second kappa shape index (κ2) is 13.9. The van der Waals surface area contributed by atoms with Gasteiger partial charge in [0.15, 0.2) is 0 Å². The number of amides is 1. The number of anilines is 3. The minimum atomic E-state index is -0.208. The summed E-state index contributed by atoms with van der Waals surface area (Å²) in [5.74, 6) is 0.376. The lowest BCUT2D eigenvalue weighted by Crippen LogP contribution is -2.29. The molecule has 1 aliphatic heterocycles. The highest BCUT2D eigenvalue weighted by atomic mass is 32.2. The number of hydrogen-bond donors (Lipinski definition) is 3. The summed E-state index contributed by atoms with van der Waals surface area (Å²) >= 11 is 1.68. The molecule has 3 heterocycles. The number of rotatable bonds is 10. The van der Waals surface area contributed by atoms with Gasteiger partial charge in [0.25, 0.3) is 0 Å². The quantitative estimate of drug-likeness (QED) is 0.142. The lowest BCUT2D eigenvalue weighted by Gasteiger charge is -2.25. The Bertz CT molecular complexity index is 1570. The molecule has 9 nitrogen and oxygen atoms in total. The summed E-state index contributed by atoms with van der Waals surface area (Å²) in [7, 11) is 0. The largest absolute Gasteiger partial charge is 0.472 e. The van der Waals surface area contributed by atoms with Crippen LogP contribution in [-0.2, 0) is 11.3 Å². The number of nitrogens with zero attached hydrogens (tertiary/aromatic N) is 4. The van der Waals surface area contributed by atoms with E-state index in [1.807, 2.05) is 26.0 Å². The highest BCUT2D eigenvalue weighted by molar-refractivity contribution is 7.97. The van der Waals surface area contributed by atoms with Gasteiger partial charge in [-0.05, 0) is 91.2 Å². The second-order valence-corrected chi connectivity index (χ2v) is 11.9. The number of carbonyl (C=O) groups is 1. The maximum atomic E-state index is 13.4. The van der Waals surface area contributed by atoms with E-state index in [1.165, 1.54) is 11.1 Å². The van der Waals surface area contributed by atoms with E-state index in [0.29, 0.717) is 17.3 Å². The lowest BCUT2D eigenvalue weighted by molar-refractivity contribution is -0.116. The molecule has 0 radical (unpaired) electrons. The van der Waals surface area contributed by atoms with Gasteiger partial charge in [-0.3, -0.25) is 4.79 Å². The van der Waals surface area contributed by atoms with Crippen LogP contribution in [0.15, 0.2) is 72.0 Å². The molecule has 5 rings (SSSR count). The topological polar surface area (TPSA) is 118 Å². The molecule has 0 saturated carbocycles. The molecule has 4 N–H and O–H groups in total. The summed E-state index contributed by atoms with van der Waals surface area (Å²) in [6.07, 6.45) is 6.07. The van der Waals surface area contributed by atoms with E-state index in [2.05, 4.69) is 74.3 Å². The van der Waals surface area contributed by atoms with Gasteiger partial charge in [-0.15, -0.1) is 0 Å². The van der Waals surface area contributed by atoms with Crippen LogP contribution in [0.4, 0.5) is 17.1 Å². The van der Waals surface area contributed by atoms with E-state index in [-0.39, 0.29) is 24.3 Å². The minimum Gasteiger partial charge on any atom is -0.472 e. The van der Waals surface area contributed by atoms with Crippen LogP contribution in [0.3, 0.4) is 0 Å². The number of nitrogen functional groups attached to an aromatic ring is 1. The first-order valence-corrected chi connectivity index (χ1v) is 15.5. The number of ether oxygens (including phenoxy) is 1. The van der Waals surface area contributed by atoms with Crippen LogP contribution in [0.5, 0.6) is 5.88 Å². The fraction of sp³-hybridized carbons (Fsp3) is 0.333. The van der Waals surface area contributed by atoms with Crippen molar-refractivity contribution in [3.8, 4) is 5.88 Å². The third-order valence-corrected chi connectivity index (χ3v) is 8.83. The number of aromatic nitrogens is 3. The van der Waals surface area contributed by atoms with Crippen LogP contribution in [0.1, 0.15) is 60.4 Å². The van der Waals surface area contributed by atoms with Crippen molar-refractivity contribution >= 4 is 34.9 Å². The number of aryl methyl sites for hydroxylation is 1. The molecule has 43 heavy (non-hydrogen) atoms. The summed E-state index contributed by atoms with van der Waals surface area (Å²) in [5.41, 5.74) is 14.3. The second-order valence-electron chi connectivity index (χ2n) is 10.8. The molecule has 2 atom stereocenters. The molecular formula is C33H39N7O2S. The lowest BCUT2D eigenvalue weighted by atomic mass is 9.83. The number of pyridine rings is 1. The Balaban J connectivity index is 1.48. The van der Waals surface area contributed by atoms with Crippen LogP contribution in [-0.4, -0.2) is 44.6 Å². The summed E-state index contributed by atoms with van der Waals surface area (Å²) in [6, 6.07) is 16.4. The molecule has 4 aromatic rings. The van der Waals surface area contributed by atoms with Crippen LogP contribution >= 0.6 is 11.9 Å². The van der Waals surface area contributed by atoms with Gasteiger partial charge in [-0.25, -0.2) is 9.29 Å². The third kappa shape index (κ3) is 7.26. The van der Waals surface area contributed by atoms with Crippen molar-refractivity contribution in [3.05, 3.63) is 94.9 Å². The van der Waals surface area contributed by atoms with E-state index in [0.717, 1.165) is 53.3 Å². The van der Waals surface area contributed by atoms with Crippen LogP contribution in [0.2, 0.25) is 0 Å². The first kappa shape index (κ1) is 30.3. The predicted octanol–water partition coefficient (Wildman–Crippen LogP) is 6.34. The van der Waals surface area contributed by atoms with Gasteiger partial charge in [0, 0.05) is 38.2 Å². The van der Waals surface area contributed by atoms with Crippen LogP contribution < -0.4 is 21.1 Å². The van der Waals surface area contributed by atoms with Gasteiger partial charge in [0.05, 0.1) is 34.4 Å². The Labute approximate surface area is 257 Å². The van der Waals surface area contributed by atoms with Gasteiger partial charge in [0.2, 0.25) is 11.8 Å². The van der Waals surface area contributed by atoms with Crippen molar-refractivity contribution in [3.63, 3.8) is 0 Å². The van der Waals surface area contributed by atoms with Crippen LogP contribution in [0, 0.1) is 13.8 Å². The van der Waals surface area contributed by atoms with E-state index in [4.69, 9.17) is 10.5 Å². The molecule has 1 unspecified atom stereocenters. The van der Waals surface area contributed by atoms with E-state index >= 15 is 0 Å². The van der Waals surface area contributed by atoms with Crippen LogP contribution in [0.25, 0.3) is 0 Å². The molecule has 0 fully saturated rings. The zero-order valence-corrected chi connectivity index (χ0v) is 25.9. The maximum Gasteiger partial charge on any atom is 0.228 e. The van der Waals surface area contributed by atoms with Gasteiger partial charge >= 0.3 is 0 Å². The Morgan fingerprint density at radius 2 is 2.00 bits per heavy atom. The summed E-state index contributed by atoms with van der Waals surface area (Å²) in [6.45, 7) is 10.6. The number of carbonyl (C=O) groups excluding carboxylic acids is 1. The molecule has 1 amide bonds. The monoisotopic (exact) mass is 597 g/mol. The molecule has 2 aromatic heterocycles. The van der Waals surface area contributed by atoms with Gasteiger partial charge in [0.1, 0.15) is 6.10 Å². The molecule has 10 heteroatoms. The zero-order valence-electron chi connectivity index (χ0n) is 25.1. The van der Waals surface area contributed by atoms with E-state index in [9.17, 15) is 4.79 Å². The molecular weight excluding hydrogens is 558 g/mol. The number of fused-ring (bicyclic) bond motifs is 1. The predicted molar refractivity (Wildman–Crippen MR) is 173 cm³/mol. The molecule has 1 aliphatic rings. The summed E-state index contributed by atoms with van der Waals surface area (Å²) in [5, 5.41) is 14.0. The summed E-state index contributed by atoms with van der Waals surface area (Å²) < 4.78 is 8.57. The Hall–Kier alpha value is -4.15. The first-order valence-electron chi connectivity index (χ1n) is 14.7. The third-order valence-electron chi connectivity index (χ3n) is 7.78. The van der Waals surface area contributed by atoms with Crippen molar-refractivity contribution in [1.82, 2.24) is 19.5 Å². The highest BCUT2D eigenvalue weighted by Gasteiger charge is 2.26. The van der Waals surface area contributed by atoms with Gasteiger partial charge in [-0.1, -0.05) is 31.2 Å². The SMILES string of the molecule is CCNc1ccc(C(CC(=O)Nc2ccnnc2)c2ccc(C)c(CN3C[C@@H](CC)Oc4ncccc4S3)c2)c(C)c1N. The zero-order chi connectivity index (χ0) is 30.3. The number of nitrogens with two attached hydrogens (primary N) is 1. The van der Waals surface area contributed by atoms with Crippen molar-refractivity contribution in [2.45, 2.75) is 64.0 Å². The molecule has 0 saturated heterocycles. The normalized spacial score (nSPS) is 15.6. The molecule has 0 bridgehead atoms. The molecule has 224 valence electrons. The Morgan fingerprint density at radius 3 is 2.77 bits per heavy atom. The Morgan fingerprint density at radius 1 is 1.14 bits per heavy atom. The fourth-order valence-electron chi connectivity index (χ4n) is 5.35. The van der Waals surface area contributed by atoms with Crippen molar-refractivity contribution in [2.75, 3.05) is 29.5 Å². The van der Waals surface area contributed by atoms with Gasteiger partial charge < -0.3 is 21.1 Å². The number of benzene rings is 2. The van der Waals surface area contributed by atoms with Gasteiger partial charge in [-0.2, -0.15) is 10.2 Å². The van der Waals surface area contributed by atoms with Crippen molar-refractivity contribution in [1.29, 1.82) is 0 Å². The van der Waals surface area contributed by atoms with E-state index < -0.39 is 0 Å². The van der Waals surface area contributed by atoms with Crippen molar-refractivity contribution in [2.24, 2.45) is 0 Å². The summed E-state index contributed by atoms with van der Waals surface area (Å²) in [4.78, 5) is 18.9. The molecule has 0 spiro atoms. The smallest absolute Gasteiger partial charge is 0.228 e. The highest BCUT2D eigenvalue weighted by Crippen LogP contribution is 2.38. The number of nitrogens with one attached hydrogen (secondary N) is 2. The molecule has 2 aromatic carbocycles. The molecule has 0 aliphatic carbocycles. The first-order chi connectivity index (χ1) is 20.9. The Kier molecular flexibility index (Phi) is 9.79. The standard InChI is InChI=1S/C33H39N7O2S/c1-5-26-20-40(43-30-8-7-14-36-33(30)42-26)19-24-16-23(10-9-21(24)3)28(17-31(41)39-25-13-15-37-38-18-25)27-11-12-29(35-6-2)32(34)22(27)4/h7-16,18,26,28,35H,5-6,17,19-20,34H2,1-4H3,(H,37,39,41)/t26-,28?/m1/s1. The average molecular weight is 598 g/mol. The van der Waals surface area contributed by atoms with E-state index in [1.54, 1.807) is 36.6 Å².